The van der Waals surface area contributed by atoms with Gasteiger partial charge in [-0.25, -0.2) is 4.39 Å². The highest BCUT2D eigenvalue weighted by Gasteiger charge is 2.08. The van der Waals surface area contributed by atoms with Gasteiger partial charge in [-0.05, 0) is 52.4 Å². The maximum atomic E-state index is 13.3. The number of benzene rings is 2. The minimum absolute atomic E-state index is 0.235. The first-order valence-corrected chi connectivity index (χ1v) is 7.13. The van der Waals surface area contributed by atoms with Gasteiger partial charge < -0.3 is 5.11 Å². The van der Waals surface area contributed by atoms with Crippen molar-refractivity contribution in [3.05, 3.63) is 69.9 Å². The van der Waals surface area contributed by atoms with Crippen molar-refractivity contribution in [2.24, 2.45) is 0 Å². The van der Waals surface area contributed by atoms with Crippen LogP contribution < -0.4 is 0 Å². The van der Waals surface area contributed by atoms with Crippen LogP contribution in [0.15, 0.2) is 53.0 Å². The summed E-state index contributed by atoms with van der Waals surface area (Å²) in [4.78, 5) is 0. The molecule has 2 rings (SSSR count). The topological polar surface area (TPSA) is 20.2 Å². The Bertz CT molecular complexity index is 528. The Morgan fingerprint density at radius 1 is 1.05 bits per heavy atom. The molecule has 0 aliphatic rings. The van der Waals surface area contributed by atoms with Crippen LogP contribution in [0, 0.1) is 5.82 Å². The predicted molar refractivity (Wildman–Crippen MR) is 78.4 cm³/mol. The van der Waals surface area contributed by atoms with Crippen LogP contribution in [0.4, 0.5) is 4.39 Å². The predicted octanol–water partition coefficient (Wildman–Crippen LogP) is 4.64. The second-order valence-corrected chi connectivity index (χ2v) is 5.32. The third kappa shape index (κ3) is 3.88. The minimum atomic E-state index is -0.450. The van der Waals surface area contributed by atoms with E-state index >= 15 is 0 Å². The standard InChI is InChI=1S/C16H16BrFO/c17-16-13(8-4-10-14(16)18)9-5-11-15(19)12-6-2-1-3-7-12/h1-4,6-8,10,15,19H,5,9,11H2. The van der Waals surface area contributed by atoms with Gasteiger partial charge >= 0.3 is 0 Å². The van der Waals surface area contributed by atoms with E-state index in [-0.39, 0.29) is 5.82 Å². The molecule has 1 N–H and O–H groups in total. The Labute approximate surface area is 121 Å². The molecule has 2 aromatic rings. The Morgan fingerprint density at radius 2 is 1.79 bits per heavy atom. The monoisotopic (exact) mass is 322 g/mol. The number of hydrogen-bond donors (Lipinski definition) is 1. The Hall–Kier alpha value is -1.19. The van der Waals surface area contributed by atoms with E-state index < -0.39 is 6.10 Å². The van der Waals surface area contributed by atoms with Gasteiger partial charge in [0.15, 0.2) is 0 Å². The molecule has 100 valence electrons. The van der Waals surface area contributed by atoms with Crippen LogP contribution in [0.25, 0.3) is 0 Å². The summed E-state index contributed by atoms with van der Waals surface area (Å²) < 4.78 is 13.9. The van der Waals surface area contributed by atoms with Gasteiger partial charge in [0, 0.05) is 0 Å². The zero-order chi connectivity index (χ0) is 13.7. The summed E-state index contributed by atoms with van der Waals surface area (Å²) >= 11 is 3.25. The largest absolute Gasteiger partial charge is 0.388 e. The lowest BCUT2D eigenvalue weighted by Crippen LogP contribution is -1.99. The summed E-state index contributed by atoms with van der Waals surface area (Å²) in [6.07, 6.45) is 1.79. The van der Waals surface area contributed by atoms with Crippen molar-refractivity contribution in [3.63, 3.8) is 0 Å². The molecule has 0 amide bonds. The maximum Gasteiger partial charge on any atom is 0.137 e. The summed E-state index contributed by atoms with van der Waals surface area (Å²) in [5, 5.41) is 10.0. The van der Waals surface area contributed by atoms with Crippen LogP contribution in [0.2, 0.25) is 0 Å². The van der Waals surface area contributed by atoms with E-state index in [4.69, 9.17) is 0 Å². The molecule has 0 fully saturated rings. The Kier molecular flexibility index (Phi) is 5.11. The Morgan fingerprint density at radius 3 is 2.53 bits per heavy atom. The number of hydrogen-bond acceptors (Lipinski definition) is 1. The molecule has 19 heavy (non-hydrogen) atoms. The van der Waals surface area contributed by atoms with Gasteiger partial charge in [-0.2, -0.15) is 0 Å². The number of aliphatic hydroxyl groups excluding tert-OH is 1. The zero-order valence-electron chi connectivity index (χ0n) is 10.5. The second-order valence-electron chi connectivity index (χ2n) is 4.53. The highest BCUT2D eigenvalue weighted by molar-refractivity contribution is 9.10. The van der Waals surface area contributed by atoms with Crippen molar-refractivity contribution >= 4 is 15.9 Å². The first-order valence-electron chi connectivity index (χ1n) is 6.34. The molecule has 0 aromatic heterocycles. The summed E-state index contributed by atoms with van der Waals surface area (Å²) in [6.45, 7) is 0. The second kappa shape index (κ2) is 6.83. The molecule has 0 spiro atoms. The molecule has 0 saturated heterocycles. The molecular weight excluding hydrogens is 307 g/mol. The van der Waals surface area contributed by atoms with Gasteiger partial charge in [0.1, 0.15) is 5.82 Å². The van der Waals surface area contributed by atoms with Crippen LogP contribution in [0.1, 0.15) is 30.1 Å². The molecule has 1 unspecified atom stereocenters. The van der Waals surface area contributed by atoms with Crippen LogP contribution in [-0.2, 0) is 6.42 Å². The van der Waals surface area contributed by atoms with Gasteiger partial charge in [-0.15, -0.1) is 0 Å². The van der Waals surface area contributed by atoms with Gasteiger partial charge in [0.2, 0.25) is 0 Å². The van der Waals surface area contributed by atoms with E-state index in [0.29, 0.717) is 10.9 Å². The first-order chi connectivity index (χ1) is 9.18. The number of halogens is 2. The number of aliphatic hydroxyl groups is 1. The summed E-state index contributed by atoms with van der Waals surface area (Å²) in [6, 6.07) is 14.7. The smallest absolute Gasteiger partial charge is 0.137 e. The molecule has 0 radical (unpaired) electrons. The highest BCUT2D eigenvalue weighted by atomic mass is 79.9. The average Bonchev–Trinajstić information content (AvgIpc) is 2.44. The van der Waals surface area contributed by atoms with Crippen molar-refractivity contribution in [2.75, 3.05) is 0 Å². The SMILES string of the molecule is OC(CCCc1cccc(F)c1Br)c1ccccc1. The molecule has 1 atom stereocenters. The molecule has 0 bridgehead atoms. The normalized spacial score (nSPS) is 12.4. The first kappa shape index (κ1) is 14.2. The fourth-order valence-corrected chi connectivity index (χ4v) is 2.53. The van der Waals surface area contributed by atoms with Crippen molar-refractivity contribution in [3.8, 4) is 0 Å². The number of aryl methyl sites for hydroxylation is 1. The third-order valence-electron chi connectivity index (χ3n) is 3.14. The van der Waals surface area contributed by atoms with E-state index in [2.05, 4.69) is 15.9 Å². The van der Waals surface area contributed by atoms with Gasteiger partial charge in [0.05, 0.1) is 10.6 Å². The molecule has 1 nitrogen and oxygen atoms in total. The minimum Gasteiger partial charge on any atom is -0.388 e. The fraction of sp³-hybridized carbons (Fsp3) is 0.250. The summed E-state index contributed by atoms with van der Waals surface area (Å²) in [5.74, 6) is -0.235. The third-order valence-corrected chi connectivity index (χ3v) is 4.03. The lowest BCUT2D eigenvalue weighted by molar-refractivity contribution is 0.164. The quantitative estimate of drug-likeness (QED) is 0.849. The van der Waals surface area contributed by atoms with E-state index in [9.17, 15) is 9.50 Å². The molecule has 3 heteroatoms. The van der Waals surface area contributed by atoms with Gasteiger partial charge in [-0.3, -0.25) is 0 Å². The molecule has 0 aliphatic carbocycles. The van der Waals surface area contributed by atoms with E-state index in [0.717, 1.165) is 24.0 Å². The highest BCUT2D eigenvalue weighted by Crippen LogP contribution is 2.24. The molecule has 2 aromatic carbocycles. The zero-order valence-corrected chi connectivity index (χ0v) is 12.1. The molecule has 0 saturated carbocycles. The summed E-state index contributed by atoms with van der Waals surface area (Å²) in [7, 11) is 0. The van der Waals surface area contributed by atoms with Gasteiger partial charge in [-0.1, -0.05) is 42.5 Å². The van der Waals surface area contributed by atoms with Gasteiger partial charge in [0.25, 0.3) is 0 Å². The van der Waals surface area contributed by atoms with Crippen LogP contribution in [0.3, 0.4) is 0 Å². The van der Waals surface area contributed by atoms with Crippen LogP contribution >= 0.6 is 15.9 Å². The van der Waals surface area contributed by atoms with E-state index in [1.165, 1.54) is 6.07 Å². The maximum absolute atomic E-state index is 13.3. The number of rotatable bonds is 5. The Balaban J connectivity index is 1.88. The van der Waals surface area contributed by atoms with E-state index in [1.54, 1.807) is 6.07 Å². The van der Waals surface area contributed by atoms with Crippen molar-refractivity contribution < 1.29 is 9.50 Å². The van der Waals surface area contributed by atoms with Crippen molar-refractivity contribution in [1.82, 2.24) is 0 Å². The summed E-state index contributed by atoms with van der Waals surface area (Å²) in [5.41, 5.74) is 1.88. The fourth-order valence-electron chi connectivity index (χ4n) is 2.07. The molecule has 0 aliphatic heterocycles. The lowest BCUT2D eigenvalue weighted by atomic mass is 10.0. The van der Waals surface area contributed by atoms with Crippen molar-refractivity contribution in [1.29, 1.82) is 0 Å². The van der Waals surface area contributed by atoms with Crippen LogP contribution in [0.5, 0.6) is 0 Å². The molecule has 0 heterocycles. The molecular formula is C16H16BrFO. The average molecular weight is 323 g/mol. The van der Waals surface area contributed by atoms with E-state index in [1.807, 2.05) is 36.4 Å². The van der Waals surface area contributed by atoms with Crippen molar-refractivity contribution in [2.45, 2.75) is 25.4 Å². The lowest BCUT2D eigenvalue weighted by Gasteiger charge is -2.11. The van der Waals surface area contributed by atoms with Crippen LogP contribution in [-0.4, -0.2) is 5.11 Å².